The molecule has 1 atom stereocenters. The Kier molecular flexibility index (Phi) is 4.58. The first-order chi connectivity index (χ1) is 9.67. The molecular formula is C16H20N2O2. The minimum atomic E-state index is 0.0191. The van der Waals surface area contributed by atoms with Crippen LogP contribution in [0.1, 0.15) is 17.2 Å². The van der Waals surface area contributed by atoms with Gasteiger partial charge in [0.25, 0.3) is 5.56 Å². The largest absolute Gasteiger partial charge is 0.496 e. The minimum absolute atomic E-state index is 0.0191. The monoisotopic (exact) mass is 272 g/mol. The van der Waals surface area contributed by atoms with Crippen LogP contribution in [-0.4, -0.2) is 18.7 Å². The molecule has 0 aliphatic carbocycles. The Morgan fingerprint density at radius 3 is 2.70 bits per heavy atom. The van der Waals surface area contributed by atoms with E-state index in [2.05, 4.69) is 5.32 Å². The molecule has 0 fully saturated rings. The number of nitrogens with one attached hydrogen (secondary N) is 1. The van der Waals surface area contributed by atoms with Crippen molar-refractivity contribution in [3.05, 3.63) is 64.1 Å². The van der Waals surface area contributed by atoms with Crippen molar-refractivity contribution in [1.29, 1.82) is 0 Å². The lowest BCUT2D eigenvalue weighted by atomic mass is 10.1. The molecule has 2 aromatic rings. The molecule has 0 radical (unpaired) electrons. The van der Waals surface area contributed by atoms with Crippen molar-refractivity contribution >= 4 is 0 Å². The topological polar surface area (TPSA) is 43.3 Å². The smallest absolute Gasteiger partial charge is 0.253 e. The van der Waals surface area contributed by atoms with Crippen molar-refractivity contribution in [3.8, 4) is 5.75 Å². The number of nitrogens with zero attached hydrogens (tertiary/aromatic N) is 1. The molecule has 0 aliphatic heterocycles. The zero-order valence-electron chi connectivity index (χ0n) is 12.1. The van der Waals surface area contributed by atoms with Crippen LogP contribution >= 0.6 is 0 Å². The fourth-order valence-electron chi connectivity index (χ4n) is 2.30. The summed E-state index contributed by atoms with van der Waals surface area (Å²) in [6, 6.07) is 11.6. The summed E-state index contributed by atoms with van der Waals surface area (Å²) in [5, 5.41) is 3.25. The van der Waals surface area contributed by atoms with Gasteiger partial charge in [-0.2, -0.15) is 0 Å². The number of ether oxygens (including phenoxy) is 1. The van der Waals surface area contributed by atoms with Gasteiger partial charge in [0, 0.05) is 23.9 Å². The zero-order chi connectivity index (χ0) is 14.5. The van der Waals surface area contributed by atoms with E-state index in [4.69, 9.17) is 4.74 Å². The summed E-state index contributed by atoms with van der Waals surface area (Å²) >= 11 is 0. The van der Waals surface area contributed by atoms with Gasteiger partial charge in [0.1, 0.15) is 5.75 Å². The maximum absolute atomic E-state index is 12.1. The van der Waals surface area contributed by atoms with Crippen molar-refractivity contribution in [2.75, 3.05) is 14.2 Å². The van der Waals surface area contributed by atoms with E-state index >= 15 is 0 Å². The standard InChI is InChI=1S/C16H20N2O2/c1-12-7-6-10-18(16(12)19)11-14(17-2)13-8-4-5-9-15(13)20-3/h4-10,14,17H,11H2,1-3H3. The predicted octanol–water partition coefficient (Wildman–Crippen LogP) is 2.13. The molecule has 1 aromatic carbocycles. The number of benzene rings is 1. The molecule has 0 aliphatic rings. The van der Waals surface area contributed by atoms with Gasteiger partial charge < -0.3 is 14.6 Å². The summed E-state index contributed by atoms with van der Waals surface area (Å²) in [6.07, 6.45) is 1.81. The molecule has 0 spiro atoms. The van der Waals surface area contributed by atoms with E-state index in [-0.39, 0.29) is 11.6 Å². The number of methoxy groups -OCH3 is 1. The maximum Gasteiger partial charge on any atom is 0.253 e. The fourth-order valence-corrected chi connectivity index (χ4v) is 2.30. The van der Waals surface area contributed by atoms with Crippen LogP contribution in [0.15, 0.2) is 47.4 Å². The number of rotatable bonds is 5. The summed E-state index contributed by atoms with van der Waals surface area (Å²) < 4.78 is 7.12. The Labute approximate surface area is 119 Å². The molecule has 106 valence electrons. The van der Waals surface area contributed by atoms with E-state index in [9.17, 15) is 4.79 Å². The molecule has 4 nitrogen and oxygen atoms in total. The van der Waals surface area contributed by atoms with Crippen molar-refractivity contribution in [2.45, 2.75) is 19.5 Å². The Morgan fingerprint density at radius 1 is 1.25 bits per heavy atom. The third kappa shape index (κ3) is 2.91. The average molecular weight is 272 g/mol. The molecule has 0 bridgehead atoms. The molecule has 0 amide bonds. The van der Waals surface area contributed by atoms with E-state index in [1.807, 2.05) is 56.6 Å². The molecule has 20 heavy (non-hydrogen) atoms. The number of pyridine rings is 1. The highest BCUT2D eigenvalue weighted by atomic mass is 16.5. The van der Waals surface area contributed by atoms with Gasteiger partial charge in [0.05, 0.1) is 13.2 Å². The summed E-state index contributed by atoms with van der Waals surface area (Å²) in [6.45, 7) is 2.40. The summed E-state index contributed by atoms with van der Waals surface area (Å²) in [4.78, 5) is 12.1. The van der Waals surface area contributed by atoms with Gasteiger partial charge in [0.15, 0.2) is 0 Å². The molecule has 4 heteroatoms. The van der Waals surface area contributed by atoms with Crippen LogP contribution in [0.3, 0.4) is 0 Å². The van der Waals surface area contributed by atoms with E-state index < -0.39 is 0 Å². The van der Waals surface area contributed by atoms with Crippen LogP contribution < -0.4 is 15.6 Å². The number of para-hydroxylation sites is 1. The zero-order valence-corrected chi connectivity index (χ0v) is 12.1. The highest BCUT2D eigenvalue weighted by Gasteiger charge is 2.15. The molecule has 0 saturated carbocycles. The van der Waals surface area contributed by atoms with Gasteiger partial charge in [-0.15, -0.1) is 0 Å². The average Bonchev–Trinajstić information content (AvgIpc) is 2.49. The SMILES string of the molecule is CNC(Cn1cccc(C)c1=O)c1ccccc1OC. The number of hydrogen-bond acceptors (Lipinski definition) is 3. The molecule has 1 aromatic heterocycles. The molecule has 1 heterocycles. The normalized spacial score (nSPS) is 12.2. The third-order valence-corrected chi connectivity index (χ3v) is 3.45. The Balaban J connectivity index is 2.34. The van der Waals surface area contributed by atoms with Crippen molar-refractivity contribution < 1.29 is 4.74 Å². The molecule has 2 rings (SSSR count). The Bertz CT molecular complexity index is 634. The van der Waals surface area contributed by atoms with E-state index in [0.29, 0.717) is 6.54 Å². The predicted molar refractivity (Wildman–Crippen MR) is 80.2 cm³/mol. The lowest BCUT2D eigenvalue weighted by Crippen LogP contribution is -2.29. The molecule has 0 saturated heterocycles. The lowest BCUT2D eigenvalue weighted by molar-refractivity contribution is 0.393. The van der Waals surface area contributed by atoms with Crippen molar-refractivity contribution in [3.63, 3.8) is 0 Å². The van der Waals surface area contributed by atoms with Crippen LogP contribution in [0.25, 0.3) is 0 Å². The maximum atomic E-state index is 12.1. The first-order valence-corrected chi connectivity index (χ1v) is 6.63. The van der Waals surface area contributed by atoms with E-state index in [1.165, 1.54) is 0 Å². The van der Waals surface area contributed by atoms with Crippen LogP contribution in [0.4, 0.5) is 0 Å². The first-order valence-electron chi connectivity index (χ1n) is 6.63. The Hall–Kier alpha value is -2.07. The molecule has 1 unspecified atom stereocenters. The van der Waals surface area contributed by atoms with E-state index in [1.54, 1.807) is 11.7 Å². The van der Waals surface area contributed by atoms with Crippen LogP contribution in [0, 0.1) is 6.92 Å². The van der Waals surface area contributed by atoms with Crippen molar-refractivity contribution in [2.24, 2.45) is 0 Å². The van der Waals surface area contributed by atoms with Crippen molar-refractivity contribution in [1.82, 2.24) is 9.88 Å². The lowest BCUT2D eigenvalue weighted by Gasteiger charge is -2.20. The number of aryl methyl sites for hydroxylation is 1. The summed E-state index contributed by atoms with van der Waals surface area (Å²) in [5.74, 6) is 0.826. The molecular weight excluding hydrogens is 252 g/mol. The van der Waals surface area contributed by atoms with E-state index in [0.717, 1.165) is 16.9 Å². The van der Waals surface area contributed by atoms with Crippen LogP contribution in [0.2, 0.25) is 0 Å². The second-order valence-corrected chi connectivity index (χ2v) is 4.73. The van der Waals surface area contributed by atoms with Crippen LogP contribution in [-0.2, 0) is 6.54 Å². The number of likely N-dealkylation sites (N-methyl/N-ethyl adjacent to an activating group) is 1. The highest BCUT2D eigenvalue weighted by Crippen LogP contribution is 2.25. The van der Waals surface area contributed by atoms with Gasteiger partial charge in [-0.05, 0) is 26.1 Å². The third-order valence-electron chi connectivity index (χ3n) is 3.45. The van der Waals surface area contributed by atoms with Gasteiger partial charge in [-0.1, -0.05) is 24.3 Å². The first kappa shape index (κ1) is 14.3. The number of aromatic nitrogens is 1. The van der Waals surface area contributed by atoms with Crippen LogP contribution in [0.5, 0.6) is 5.75 Å². The summed E-state index contributed by atoms with van der Waals surface area (Å²) in [5.41, 5.74) is 1.84. The second kappa shape index (κ2) is 6.39. The fraction of sp³-hybridized carbons (Fsp3) is 0.312. The highest BCUT2D eigenvalue weighted by molar-refractivity contribution is 5.35. The number of hydrogen-bond donors (Lipinski definition) is 1. The molecule has 1 N–H and O–H groups in total. The van der Waals surface area contributed by atoms with Gasteiger partial charge in [-0.3, -0.25) is 4.79 Å². The summed E-state index contributed by atoms with van der Waals surface area (Å²) in [7, 11) is 3.54. The quantitative estimate of drug-likeness (QED) is 0.906. The minimum Gasteiger partial charge on any atom is -0.496 e. The van der Waals surface area contributed by atoms with Gasteiger partial charge in [0.2, 0.25) is 0 Å². The Morgan fingerprint density at radius 2 is 2.00 bits per heavy atom. The van der Waals surface area contributed by atoms with Gasteiger partial charge in [-0.25, -0.2) is 0 Å². The second-order valence-electron chi connectivity index (χ2n) is 4.73. The van der Waals surface area contributed by atoms with Gasteiger partial charge >= 0.3 is 0 Å².